The highest BCUT2D eigenvalue weighted by atomic mass is 32.2. The maximum Gasteiger partial charge on any atom is 0.318 e. The van der Waals surface area contributed by atoms with Gasteiger partial charge in [0.1, 0.15) is 10.6 Å². The highest BCUT2D eigenvalue weighted by molar-refractivity contribution is 7.92. The van der Waals surface area contributed by atoms with Gasteiger partial charge in [-0.05, 0) is 63.1 Å². The van der Waals surface area contributed by atoms with Crippen LogP contribution in [0.1, 0.15) is 31.0 Å². The standard InChI is InChI=1S/C27H31N5O4S/c1-18-4-10-22(11-5-18)37(34,35)27(12-13-27)23-16-24(32-14-15-36-17-19(32)2)31-25(30-23)20-6-8-21(9-7-20)29-26(33)28-3/h4-11,16,19H,12-15,17H2,1-3H3,(H2,28,29,33)/t19-/m0/s1. The SMILES string of the molecule is CNC(=O)Nc1ccc(-c2nc(N3CCOC[C@@H]3C)cc(C3(S(=O)(=O)c4ccc(C)cc4)CC3)n2)cc1. The Balaban J connectivity index is 1.59. The number of amides is 2. The van der Waals surface area contributed by atoms with Crippen LogP contribution in [-0.4, -0.2) is 57.3 Å². The molecule has 10 heteroatoms. The van der Waals surface area contributed by atoms with Gasteiger partial charge in [0.15, 0.2) is 15.7 Å². The van der Waals surface area contributed by atoms with E-state index in [1.165, 1.54) is 0 Å². The lowest BCUT2D eigenvalue weighted by Crippen LogP contribution is -2.44. The minimum Gasteiger partial charge on any atom is -0.377 e. The van der Waals surface area contributed by atoms with Crippen LogP contribution in [0.5, 0.6) is 0 Å². The summed E-state index contributed by atoms with van der Waals surface area (Å²) in [6.07, 6.45) is 1.01. The van der Waals surface area contributed by atoms with Crippen molar-refractivity contribution in [3.8, 4) is 11.4 Å². The Morgan fingerprint density at radius 2 is 1.78 bits per heavy atom. The number of ether oxygens (including phenoxy) is 1. The van der Waals surface area contributed by atoms with Crippen molar-refractivity contribution in [2.75, 3.05) is 37.0 Å². The number of hydrogen-bond donors (Lipinski definition) is 2. The van der Waals surface area contributed by atoms with Gasteiger partial charge in [0.05, 0.1) is 29.8 Å². The van der Waals surface area contributed by atoms with Crippen molar-refractivity contribution in [1.29, 1.82) is 0 Å². The Labute approximate surface area is 217 Å². The molecule has 37 heavy (non-hydrogen) atoms. The summed E-state index contributed by atoms with van der Waals surface area (Å²) in [5, 5.41) is 5.26. The van der Waals surface area contributed by atoms with Crippen molar-refractivity contribution < 1.29 is 17.9 Å². The molecule has 2 amide bonds. The first-order valence-corrected chi connectivity index (χ1v) is 13.9. The van der Waals surface area contributed by atoms with Crippen molar-refractivity contribution >= 4 is 27.4 Å². The smallest absolute Gasteiger partial charge is 0.318 e. The molecule has 2 aliphatic rings. The number of rotatable bonds is 6. The van der Waals surface area contributed by atoms with E-state index in [2.05, 4.69) is 22.5 Å². The van der Waals surface area contributed by atoms with Gasteiger partial charge in [-0.2, -0.15) is 0 Å². The molecule has 1 saturated carbocycles. The molecule has 9 nitrogen and oxygen atoms in total. The number of nitrogens with zero attached hydrogens (tertiary/aromatic N) is 3. The van der Waals surface area contributed by atoms with Crippen LogP contribution >= 0.6 is 0 Å². The summed E-state index contributed by atoms with van der Waals surface area (Å²) < 4.78 is 32.3. The average Bonchev–Trinajstić information content (AvgIpc) is 3.72. The molecule has 3 aromatic rings. The fraction of sp³-hybridized carbons (Fsp3) is 0.370. The summed E-state index contributed by atoms with van der Waals surface area (Å²) in [6, 6.07) is 15.8. The van der Waals surface area contributed by atoms with E-state index in [-0.39, 0.29) is 12.1 Å². The lowest BCUT2D eigenvalue weighted by Gasteiger charge is -2.34. The second-order valence-electron chi connectivity index (χ2n) is 9.64. The Morgan fingerprint density at radius 3 is 2.41 bits per heavy atom. The zero-order chi connectivity index (χ0) is 26.2. The van der Waals surface area contributed by atoms with Crippen LogP contribution < -0.4 is 15.5 Å². The van der Waals surface area contributed by atoms with Gasteiger partial charge in [0.2, 0.25) is 0 Å². The monoisotopic (exact) mass is 521 g/mol. The van der Waals surface area contributed by atoms with Gasteiger partial charge in [-0.3, -0.25) is 0 Å². The molecule has 1 saturated heterocycles. The quantitative estimate of drug-likeness (QED) is 0.506. The van der Waals surface area contributed by atoms with Crippen LogP contribution in [0, 0.1) is 6.92 Å². The van der Waals surface area contributed by atoms with Gasteiger partial charge >= 0.3 is 6.03 Å². The predicted molar refractivity (Wildman–Crippen MR) is 142 cm³/mol. The number of carbonyl (C=O) groups excluding carboxylic acids is 1. The minimum atomic E-state index is -3.67. The number of carbonyl (C=O) groups is 1. The molecule has 1 aliphatic heterocycles. The van der Waals surface area contributed by atoms with E-state index >= 15 is 0 Å². The maximum absolute atomic E-state index is 13.9. The number of anilines is 2. The summed E-state index contributed by atoms with van der Waals surface area (Å²) >= 11 is 0. The molecular formula is C27H31N5O4S. The van der Waals surface area contributed by atoms with Crippen LogP contribution in [-0.2, 0) is 19.3 Å². The van der Waals surface area contributed by atoms with E-state index in [9.17, 15) is 13.2 Å². The molecule has 1 aromatic heterocycles. The normalized spacial score (nSPS) is 18.8. The summed E-state index contributed by atoms with van der Waals surface area (Å²) in [7, 11) is -2.12. The van der Waals surface area contributed by atoms with Gasteiger partial charge in [-0.25, -0.2) is 23.2 Å². The van der Waals surface area contributed by atoms with Gasteiger partial charge < -0.3 is 20.3 Å². The lowest BCUT2D eigenvalue weighted by atomic mass is 10.1. The Bertz CT molecular complexity index is 1400. The van der Waals surface area contributed by atoms with Gasteiger partial charge in [-0.15, -0.1) is 0 Å². The van der Waals surface area contributed by atoms with Crippen molar-refractivity contribution in [2.24, 2.45) is 0 Å². The third kappa shape index (κ3) is 4.78. The molecule has 0 unspecified atom stereocenters. The van der Waals surface area contributed by atoms with E-state index in [0.717, 1.165) is 11.1 Å². The van der Waals surface area contributed by atoms with Crippen LogP contribution in [0.3, 0.4) is 0 Å². The fourth-order valence-corrected chi connectivity index (χ4v) is 6.59. The van der Waals surface area contributed by atoms with E-state index in [0.29, 0.717) is 60.5 Å². The molecule has 1 atom stereocenters. The number of aryl methyl sites for hydroxylation is 1. The van der Waals surface area contributed by atoms with E-state index in [4.69, 9.17) is 14.7 Å². The first-order chi connectivity index (χ1) is 17.7. The molecule has 1 aliphatic carbocycles. The molecule has 2 heterocycles. The topological polar surface area (TPSA) is 114 Å². The second-order valence-corrected chi connectivity index (χ2v) is 11.9. The van der Waals surface area contributed by atoms with Crippen molar-refractivity contribution in [3.63, 3.8) is 0 Å². The van der Waals surface area contributed by atoms with Crippen LogP contribution in [0.4, 0.5) is 16.3 Å². The molecule has 5 rings (SSSR count). The largest absolute Gasteiger partial charge is 0.377 e. The molecular weight excluding hydrogens is 490 g/mol. The fourth-order valence-electron chi connectivity index (χ4n) is 4.63. The third-order valence-electron chi connectivity index (χ3n) is 7.02. The number of morpholine rings is 1. The van der Waals surface area contributed by atoms with Gasteiger partial charge in [0, 0.05) is 30.9 Å². The zero-order valence-corrected chi connectivity index (χ0v) is 22.0. The number of urea groups is 1. The first-order valence-electron chi connectivity index (χ1n) is 12.4. The van der Waals surface area contributed by atoms with E-state index < -0.39 is 14.6 Å². The highest BCUT2D eigenvalue weighted by Gasteiger charge is 2.58. The van der Waals surface area contributed by atoms with Gasteiger partial charge in [0.25, 0.3) is 0 Å². The summed E-state index contributed by atoms with van der Waals surface area (Å²) in [4.78, 5) is 23.8. The number of aromatic nitrogens is 2. The average molecular weight is 522 g/mol. The molecule has 2 aromatic carbocycles. The van der Waals surface area contributed by atoms with Crippen LogP contribution in [0.2, 0.25) is 0 Å². The summed E-state index contributed by atoms with van der Waals surface area (Å²) in [5.41, 5.74) is 2.88. The Kier molecular flexibility index (Phi) is 6.63. The van der Waals surface area contributed by atoms with Gasteiger partial charge in [-0.1, -0.05) is 17.7 Å². The second kappa shape index (κ2) is 9.75. The number of benzene rings is 2. The van der Waals surface area contributed by atoms with E-state index in [1.807, 2.05) is 37.3 Å². The molecule has 0 bridgehead atoms. The summed E-state index contributed by atoms with van der Waals surface area (Å²) in [6.45, 7) is 5.80. The van der Waals surface area contributed by atoms with E-state index in [1.54, 1.807) is 31.3 Å². The number of hydrogen-bond acceptors (Lipinski definition) is 7. The van der Waals surface area contributed by atoms with Crippen molar-refractivity contribution in [2.45, 2.75) is 42.4 Å². The molecule has 194 valence electrons. The zero-order valence-electron chi connectivity index (χ0n) is 21.2. The minimum absolute atomic E-state index is 0.0901. The first kappa shape index (κ1) is 25.2. The summed E-state index contributed by atoms with van der Waals surface area (Å²) in [5.74, 6) is 1.14. The third-order valence-corrected chi connectivity index (χ3v) is 9.56. The predicted octanol–water partition coefficient (Wildman–Crippen LogP) is 3.89. The molecule has 0 radical (unpaired) electrons. The molecule has 0 spiro atoms. The Hall–Kier alpha value is -3.50. The van der Waals surface area contributed by atoms with Crippen molar-refractivity contribution in [1.82, 2.24) is 15.3 Å². The molecule has 2 N–H and O–H groups in total. The molecule has 2 fully saturated rings. The van der Waals surface area contributed by atoms with Crippen molar-refractivity contribution in [3.05, 3.63) is 65.9 Å². The lowest BCUT2D eigenvalue weighted by molar-refractivity contribution is 0.0985. The van der Waals surface area contributed by atoms with Crippen LogP contribution in [0.25, 0.3) is 11.4 Å². The highest BCUT2D eigenvalue weighted by Crippen LogP contribution is 2.55. The number of sulfone groups is 1. The Morgan fingerprint density at radius 1 is 1.08 bits per heavy atom. The van der Waals surface area contributed by atoms with Crippen LogP contribution in [0.15, 0.2) is 59.5 Å². The number of nitrogens with one attached hydrogen (secondary N) is 2. The maximum atomic E-state index is 13.9.